The minimum absolute atomic E-state index is 0.677. The molecule has 5 aromatic rings. The average Bonchev–Trinajstić information content (AvgIpc) is 3.23. The molecule has 56 heavy (non-hydrogen) atoms. The summed E-state index contributed by atoms with van der Waals surface area (Å²) in [5, 5.41) is 0. The van der Waals surface area contributed by atoms with Crippen molar-refractivity contribution in [2.45, 2.75) is 0 Å². The molecule has 8 heteroatoms. The third kappa shape index (κ3) is 9.95. The number of methoxy groups -OCH3 is 6. The molecule has 0 saturated heterocycles. The van der Waals surface area contributed by atoms with Crippen LogP contribution in [0.25, 0.3) is 48.6 Å². The van der Waals surface area contributed by atoms with Crippen LogP contribution in [0.1, 0.15) is 44.5 Å². The van der Waals surface area contributed by atoms with Crippen molar-refractivity contribution in [2.75, 3.05) is 80.6 Å². The molecule has 8 nitrogen and oxygen atoms in total. The van der Waals surface area contributed by atoms with Crippen LogP contribution in [0.2, 0.25) is 0 Å². The van der Waals surface area contributed by atoms with Crippen LogP contribution in [0.15, 0.2) is 84.9 Å². The summed E-state index contributed by atoms with van der Waals surface area (Å²) in [7, 11) is 18.1. The lowest BCUT2D eigenvalue weighted by molar-refractivity contribution is 0.401. The van der Waals surface area contributed by atoms with Crippen molar-refractivity contribution in [3.63, 3.8) is 0 Å². The van der Waals surface area contributed by atoms with Crippen LogP contribution in [0.3, 0.4) is 0 Å². The second-order valence-corrected chi connectivity index (χ2v) is 13.3. The van der Waals surface area contributed by atoms with Gasteiger partial charge in [0.25, 0.3) is 0 Å². The number of hydrogen-bond acceptors (Lipinski definition) is 8. The molecule has 0 saturated carbocycles. The minimum atomic E-state index is 0.677. The van der Waals surface area contributed by atoms with Gasteiger partial charge in [-0.2, -0.15) is 0 Å². The Labute approximate surface area is 332 Å². The van der Waals surface area contributed by atoms with E-state index in [2.05, 4.69) is 70.5 Å². The molecular weight excluding hydrogens is 701 g/mol. The van der Waals surface area contributed by atoms with Gasteiger partial charge in [0, 0.05) is 72.9 Å². The van der Waals surface area contributed by atoms with Gasteiger partial charge in [-0.05, 0) is 71.8 Å². The van der Waals surface area contributed by atoms with Crippen molar-refractivity contribution in [3.8, 4) is 34.5 Å². The molecule has 0 fully saturated rings. The minimum Gasteiger partial charge on any atom is -0.496 e. The van der Waals surface area contributed by atoms with Crippen LogP contribution in [-0.2, 0) is 0 Å². The second-order valence-electron chi connectivity index (χ2n) is 13.3. The number of benzene rings is 5. The van der Waals surface area contributed by atoms with E-state index in [-0.39, 0.29) is 0 Å². The molecule has 0 N–H and O–H groups in total. The lowest BCUT2D eigenvalue weighted by atomic mass is 10.0. The third-order valence-corrected chi connectivity index (χ3v) is 9.36. The van der Waals surface area contributed by atoms with E-state index in [1.807, 2.05) is 101 Å². The molecule has 0 aliphatic carbocycles. The second kappa shape index (κ2) is 19.2. The maximum absolute atomic E-state index is 5.86. The molecule has 5 rings (SSSR count). The van der Waals surface area contributed by atoms with Gasteiger partial charge in [-0.15, -0.1) is 0 Å². The number of rotatable bonds is 16. The smallest absolute Gasteiger partial charge is 0.126 e. The summed E-state index contributed by atoms with van der Waals surface area (Å²) >= 11 is 0. The summed E-state index contributed by atoms with van der Waals surface area (Å²) in [6.45, 7) is 0. The van der Waals surface area contributed by atoms with Gasteiger partial charge < -0.3 is 38.2 Å². The van der Waals surface area contributed by atoms with Gasteiger partial charge in [-0.1, -0.05) is 72.9 Å². The van der Waals surface area contributed by atoms with Crippen molar-refractivity contribution in [3.05, 3.63) is 129 Å². The molecule has 0 aromatic heterocycles. The normalized spacial score (nSPS) is 11.5. The largest absolute Gasteiger partial charge is 0.496 e. The highest BCUT2D eigenvalue weighted by molar-refractivity contribution is 5.84. The van der Waals surface area contributed by atoms with E-state index < -0.39 is 0 Å². The topological polar surface area (TPSA) is 61.9 Å². The van der Waals surface area contributed by atoms with Gasteiger partial charge in [-0.25, -0.2) is 0 Å². The molecular formula is C48H52N2O6. The van der Waals surface area contributed by atoms with E-state index in [0.717, 1.165) is 67.4 Å². The van der Waals surface area contributed by atoms with E-state index >= 15 is 0 Å². The molecule has 0 radical (unpaired) electrons. The van der Waals surface area contributed by atoms with Crippen molar-refractivity contribution < 1.29 is 28.4 Å². The van der Waals surface area contributed by atoms with Crippen molar-refractivity contribution in [1.82, 2.24) is 0 Å². The van der Waals surface area contributed by atoms with Gasteiger partial charge in [0.15, 0.2) is 0 Å². The van der Waals surface area contributed by atoms with Crippen molar-refractivity contribution >= 4 is 60.0 Å². The quantitative estimate of drug-likeness (QED) is 0.0924. The van der Waals surface area contributed by atoms with E-state index in [0.29, 0.717) is 23.0 Å². The Morgan fingerprint density at radius 2 is 0.500 bits per heavy atom. The molecule has 290 valence electrons. The van der Waals surface area contributed by atoms with Crippen LogP contribution in [0.4, 0.5) is 11.4 Å². The fraction of sp³-hybridized carbons (Fsp3) is 0.208. The van der Waals surface area contributed by atoms with Gasteiger partial charge in [0.1, 0.15) is 34.5 Å². The Kier molecular flexibility index (Phi) is 13.9. The van der Waals surface area contributed by atoms with Crippen LogP contribution in [0.5, 0.6) is 34.5 Å². The molecule has 0 heterocycles. The first-order valence-corrected chi connectivity index (χ1v) is 18.2. The van der Waals surface area contributed by atoms with Gasteiger partial charge in [-0.3, -0.25) is 0 Å². The van der Waals surface area contributed by atoms with E-state index in [1.165, 1.54) is 0 Å². The first-order chi connectivity index (χ1) is 27.1. The monoisotopic (exact) mass is 752 g/mol. The first kappa shape index (κ1) is 40.6. The summed E-state index contributed by atoms with van der Waals surface area (Å²) in [5.41, 5.74) is 9.64. The molecule has 0 atom stereocenters. The molecule has 0 unspecified atom stereocenters. The van der Waals surface area contributed by atoms with E-state index in [9.17, 15) is 0 Å². The highest BCUT2D eigenvalue weighted by atomic mass is 16.5. The number of ether oxygens (including phenoxy) is 6. The lowest BCUT2D eigenvalue weighted by Crippen LogP contribution is -2.07. The van der Waals surface area contributed by atoms with Crippen LogP contribution >= 0.6 is 0 Å². The zero-order chi connectivity index (χ0) is 40.2. The highest BCUT2D eigenvalue weighted by Crippen LogP contribution is 2.36. The first-order valence-electron chi connectivity index (χ1n) is 18.2. The Balaban J connectivity index is 1.40. The zero-order valence-corrected chi connectivity index (χ0v) is 34.0. The summed E-state index contributed by atoms with van der Waals surface area (Å²) in [4.78, 5) is 4.15. The van der Waals surface area contributed by atoms with Gasteiger partial charge >= 0.3 is 0 Å². The van der Waals surface area contributed by atoms with Crippen LogP contribution < -0.4 is 38.2 Å². The Hall–Kier alpha value is -6.54. The highest BCUT2D eigenvalue weighted by Gasteiger charge is 2.13. The standard InChI is InChI=1S/C48H52N2O6/c1-49(2)41-23-13-33(14-24-41)11-17-35-27-45(53-7)37(29-43(35)51-5)19-21-39-31-48(56-10)40(32-47(39)55-9)22-20-38-30-44(52-6)36(28-46(38)54-8)18-12-34-15-25-42(26-16-34)50(3)4/h11-32H,1-10H3/b17-11+,18-12+,21-19+,22-20+. The fourth-order valence-electron chi connectivity index (χ4n) is 6.11. The SMILES string of the molecule is COc1cc(/C=C/c2cc(OC)c(/C=C/c3cc(OC)c(/C=C/c4ccc(N(C)C)cc4)cc3OC)cc2OC)c(OC)cc1/C=C/c1ccc(N(C)C)cc1. The van der Waals surface area contributed by atoms with E-state index in [1.54, 1.807) is 42.7 Å². The zero-order valence-electron chi connectivity index (χ0n) is 34.0. The summed E-state index contributed by atoms with van der Waals surface area (Å²) in [5.74, 6) is 4.22. The predicted octanol–water partition coefficient (Wildman–Crippen LogP) is 10.6. The summed E-state index contributed by atoms with van der Waals surface area (Å²) < 4.78 is 34.9. The molecule has 0 spiro atoms. The third-order valence-electron chi connectivity index (χ3n) is 9.36. The molecule has 5 aromatic carbocycles. The Morgan fingerprint density at radius 3 is 0.679 bits per heavy atom. The number of hydrogen-bond donors (Lipinski definition) is 0. The van der Waals surface area contributed by atoms with E-state index in [4.69, 9.17) is 28.4 Å². The number of anilines is 2. The lowest BCUT2D eigenvalue weighted by Gasteiger charge is -2.14. The fourth-order valence-corrected chi connectivity index (χ4v) is 6.11. The van der Waals surface area contributed by atoms with Crippen molar-refractivity contribution in [2.24, 2.45) is 0 Å². The van der Waals surface area contributed by atoms with Gasteiger partial charge in [0.2, 0.25) is 0 Å². The Morgan fingerprint density at radius 1 is 0.304 bits per heavy atom. The maximum Gasteiger partial charge on any atom is 0.126 e. The van der Waals surface area contributed by atoms with Crippen LogP contribution in [-0.4, -0.2) is 70.8 Å². The van der Waals surface area contributed by atoms with Crippen molar-refractivity contribution in [1.29, 1.82) is 0 Å². The predicted molar refractivity (Wildman–Crippen MR) is 236 cm³/mol. The molecule has 0 bridgehead atoms. The molecule has 0 amide bonds. The molecule has 0 aliphatic rings. The number of nitrogens with zero attached hydrogens (tertiary/aromatic N) is 2. The van der Waals surface area contributed by atoms with Gasteiger partial charge in [0.05, 0.1) is 42.7 Å². The average molecular weight is 753 g/mol. The maximum atomic E-state index is 5.86. The summed E-state index contributed by atoms with van der Waals surface area (Å²) in [6.07, 6.45) is 16.1. The molecule has 0 aliphatic heterocycles. The van der Waals surface area contributed by atoms with Crippen LogP contribution in [0, 0.1) is 0 Å². The summed E-state index contributed by atoms with van der Waals surface area (Å²) in [6, 6.07) is 28.5. The Bertz CT molecular complexity index is 2060.